The fourth-order valence-corrected chi connectivity index (χ4v) is 2.77. The Morgan fingerprint density at radius 1 is 1.26 bits per heavy atom. The van der Waals surface area contributed by atoms with E-state index in [2.05, 4.69) is 20.3 Å². The van der Waals surface area contributed by atoms with Crippen LogP contribution in [-0.4, -0.2) is 22.1 Å². The highest BCUT2D eigenvalue weighted by atomic mass is 32.1. The first kappa shape index (κ1) is 15.4. The van der Waals surface area contributed by atoms with Crippen LogP contribution in [0.5, 0.6) is 5.75 Å². The molecule has 2 aromatic heterocycles. The summed E-state index contributed by atoms with van der Waals surface area (Å²) in [5, 5.41) is 3.94. The second-order valence-electron chi connectivity index (χ2n) is 4.86. The van der Waals surface area contributed by atoms with E-state index in [0.29, 0.717) is 12.5 Å². The minimum absolute atomic E-state index is 0.228. The van der Waals surface area contributed by atoms with Crippen LogP contribution >= 0.6 is 11.3 Å². The number of methoxy groups -OCH3 is 1. The highest BCUT2D eigenvalue weighted by molar-refractivity contribution is 7.14. The summed E-state index contributed by atoms with van der Waals surface area (Å²) in [5.41, 5.74) is 1.55. The second kappa shape index (κ2) is 6.70. The summed E-state index contributed by atoms with van der Waals surface area (Å²) in [6, 6.07) is 6.64. The van der Waals surface area contributed by atoms with E-state index in [9.17, 15) is 4.39 Å². The number of nitrogens with zero attached hydrogens (tertiary/aromatic N) is 3. The molecule has 2 heterocycles. The van der Waals surface area contributed by atoms with E-state index in [1.165, 1.54) is 13.2 Å². The fraction of sp³-hybridized carbons (Fsp3) is 0.188. The molecule has 0 saturated heterocycles. The third-order valence-corrected chi connectivity index (χ3v) is 4.10. The number of thiazole rings is 1. The summed E-state index contributed by atoms with van der Waals surface area (Å²) >= 11 is 1.58. The van der Waals surface area contributed by atoms with Gasteiger partial charge in [0.2, 0.25) is 5.95 Å². The van der Waals surface area contributed by atoms with E-state index < -0.39 is 0 Å². The summed E-state index contributed by atoms with van der Waals surface area (Å²) in [7, 11) is 1.44. The molecule has 0 aliphatic rings. The van der Waals surface area contributed by atoms with Crippen molar-refractivity contribution in [2.45, 2.75) is 13.5 Å². The maximum atomic E-state index is 13.7. The standard InChI is InChI=1S/C16H15FN4OS/c1-10-8-19-15(23-10)13-5-6-18-16(21-13)20-9-11-3-4-14(22-2)12(17)7-11/h3-8H,9H2,1-2H3,(H,18,20,21). The number of nitrogens with one attached hydrogen (secondary N) is 1. The average molecular weight is 330 g/mol. The van der Waals surface area contributed by atoms with Gasteiger partial charge in [0, 0.05) is 23.8 Å². The summed E-state index contributed by atoms with van der Waals surface area (Å²) in [5.74, 6) is 0.317. The molecule has 7 heteroatoms. The molecule has 0 fully saturated rings. The lowest BCUT2D eigenvalue weighted by molar-refractivity contribution is 0.386. The van der Waals surface area contributed by atoms with Crippen LogP contribution in [0.15, 0.2) is 36.7 Å². The van der Waals surface area contributed by atoms with Gasteiger partial charge in [-0.2, -0.15) is 0 Å². The van der Waals surface area contributed by atoms with Gasteiger partial charge in [-0.15, -0.1) is 11.3 Å². The summed E-state index contributed by atoms with van der Waals surface area (Å²) in [6.45, 7) is 2.42. The maximum Gasteiger partial charge on any atom is 0.223 e. The van der Waals surface area contributed by atoms with E-state index in [-0.39, 0.29) is 11.6 Å². The zero-order valence-electron chi connectivity index (χ0n) is 12.7. The van der Waals surface area contributed by atoms with Crippen molar-refractivity contribution in [3.05, 3.63) is 52.9 Å². The van der Waals surface area contributed by atoms with Gasteiger partial charge >= 0.3 is 0 Å². The van der Waals surface area contributed by atoms with Crippen LogP contribution < -0.4 is 10.1 Å². The first-order chi connectivity index (χ1) is 11.2. The van der Waals surface area contributed by atoms with Crippen molar-refractivity contribution in [1.82, 2.24) is 15.0 Å². The van der Waals surface area contributed by atoms with Crippen LogP contribution in [0.25, 0.3) is 10.7 Å². The smallest absolute Gasteiger partial charge is 0.223 e. The quantitative estimate of drug-likeness (QED) is 0.773. The Hall–Kier alpha value is -2.54. The number of hydrogen-bond donors (Lipinski definition) is 1. The van der Waals surface area contributed by atoms with E-state index in [0.717, 1.165) is 21.1 Å². The average Bonchev–Trinajstić information content (AvgIpc) is 3.00. The van der Waals surface area contributed by atoms with Crippen molar-refractivity contribution in [1.29, 1.82) is 0 Å². The van der Waals surface area contributed by atoms with Gasteiger partial charge in [0.05, 0.1) is 7.11 Å². The molecule has 1 N–H and O–H groups in total. The topological polar surface area (TPSA) is 59.9 Å². The molecule has 1 aromatic carbocycles. The molecule has 0 aliphatic carbocycles. The van der Waals surface area contributed by atoms with Crippen molar-refractivity contribution in [3.8, 4) is 16.5 Å². The number of halogens is 1. The molecule has 0 amide bonds. The number of aromatic nitrogens is 3. The van der Waals surface area contributed by atoms with Crippen LogP contribution in [0.4, 0.5) is 10.3 Å². The SMILES string of the molecule is COc1ccc(CNc2nccc(-c3ncc(C)s3)n2)cc1F. The first-order valence-corrected chi connectivity index (χ1v) is 7.79. The van der Waals surface area contributed by atoms with Crippen LogP contribution in [0, 0.1) is 12.7 Å². The summed E-state index contributed by atoms with van der Waals surface area (Å²) in [6.07, 6.45) is 3.49. The third-order valence-electron chi connectivity index (χ3n) is 3.16. The van der Waals surface area contributed by atoms with Crippen molar-refractivity contribution in [2.24, 2.45) is 0 Å². The minimum Gasteiger partial charge on any atom is -0.494 e. The van der Waals surface area contributed by atoms with Gasteiger partial charge in [0.25, 0.3) is 0 Å². The predicted octanol–water partition coefficient (Wildman–Crippen LogP) is 3.67. The Morgan fingerprint density at radius 3 is 2.83 bits per heavy atom. The number of anilines is 1. The highest BCUT2D eigenvalue weighted by Gasteiger charge is 2.07. The zero-order chi connectivity index (χ0) is 16.2. The molecule has 0 unspecified atom stereocenters. The lowest BCUT2D eigenvalue weighted by Crippen LogP contribution is -2.04. The van der Waals surface area contributed by atoms with Gasteiger partial charge < -0.3 is 10.1 Å². The molecule has 0 bridgehead atoms. The fourth-order valence-electron chi connectivity index (χ4n) is 2.04. The van der Waals surface area contributed by atoms with Crippen LogP contribution in [-0.2, 0) is 6.54 Å². The Kier molecular flexibility index (Phi) is 4.47. The van der Waals surface area contributed by atoms with Crippen molar-refractivity contribution in [3.63, 3.8) is 0 Å². The summed E-state index contributed by atoms with van der Waals surface area (Å²) < 4.78 is 18.6. The van der Waals surface area contributed by atoms with Crippen molar-refractivity contribution in [2.75, 3.05) is 12.4 Å². The first-order valence-electron chi connectivity index (χ1n) is 6.98. The molecule has 23 heavy (non-hydrogen) atoms. The zero-order valence-corrected chi connectivity index (χ0v) is 13.5. The van der Waals surface area contributed by atoms with Gasteiger partial charge in [0.15, 0.2) is 11.6 Å². The summed E-state index contributed by atoms with van der Waals surface area (Å²) in [4.78, 5) is 14.1. The van der Waals surface area contributed by atoms with Crippen LogP contribution in [0.3, 0.4) is 0 Å². The largest absolute Gasteiger partial charge is 0.494 e. The number of benzene rings is 1. The second-order valence-corrected chi connectivity index (χ2v) is 6.10. The molecule has 0 atom stereocenters. The number of hydrogen-bond acceptors (Lipinski definition) is 6. The van der Waals surface area contributed by atoms with E-state index in [1.54, 1.807) is 29.7 Å². The predicted molar refractivity (Wildman–Crippen MR) is 88.2 cm³/mol. The highest BCUT2D eigenvalue weighted by Crippen LogP contribution is 2.23. The van der Waals surface area contributed by atoms with E-state index in [4.69, 9.17) is 4.74 Å². The molecule has 5 nitrogen and oxygen atoms in total. The monoisotopic (exact) mass is 330 g/mol. The molecular formula is C16H15FN4OS. The number of aryl methyl sites for hydroxylation is 1. The molecule has 0 radical (unpaired) electrons. The van der Waals surface area contributed by atoms with Gasteiger partial charge in [-0.1, -0.05) is 6.07 Å². The molecular weight excluding hydrogens is 315 g/mol. The third kappa shape index (κ3) is 3.62. The molecule has 118 valence electrons. The van der Waals surface area contributed by atoms with E-state index in [1.807, 2.05) is 19.2 Å². The van der Waals surface area contributed by atoms with Crippen molar-refractivity contribution >= 4 is 17.3 Å². The van der Waals surface area contributed by atoms with Gasteiger partial charge in [-0.05, 0) is 30.7 Å². The van der Waals surface area contributed by atoms with Crippen LogP contribution in [0.2, 0.25) is 0 Å². The Labute approximate surface area is 137 Å². The molecule has 0 aliphatic heterocycles. The Morgan fingerprint density at radius 2 is 2.13 bits per heavy atom. The number of rotatable bonds is 5. The van der Waals surface area contributed by atoms with Gasteiger partial charge in [-0.3, -0.25) is 0 Å². The Balaban J connectivity index is 1.72. The lowest BCUT2D eigenvalue weighted by Gasteiger charge is -2.07. The molecule has 0 spiro atoms. The minimum atomic E-state index is -0.389. The number of ether oxygens (including phenoxy) is 1. The van der Waals surface area contributed by atoms with Crippen molar-refractivity contribution < 1.29 is 9.13 Å². The van der Waals surface area contributed by atoms with Crippen LogP contribution in [0.1, 0.15) is 10.4 Å². The lowest BCUT2D eigenvalue weighted by atomic mass is 10.2. The Bertz CT molecular complexity index is 821. The molecule has 3 rings (SSSR count). The van der Waals surface area contributed by atoms with E-state index >= 15 is 0 Å². The maximum absolute atomic E-state index is 13.7. The molecule has 0 saturated carbocycles. The normalized spacial score (nSPS) is 10.6. The van der Waals surface area contributed by atoms with Gasteiger partial charge in [-0.25, -0.2) is 19.3 Å². The van der Waals surface area contributed by atoms with Gasteiger partial charge in [0.1, 0.15) is 10.7 Å². The molecule has 3 aromatic rings.